The molecule has 1 unspecified atom stereocenters. The van der Waals surface area contributed by atoms with E-state index in [1.54, 1.807) is 17.4 Å². The SMILES string of the molecule is CC(CNC(=O)C=Cc1ccc(Br)s1)c1ccccc1. The van der Waals surface area contributed by atoms with E-state index in [2.05, 4.69) is 40.3 Å². The first-order valence-corrected chi connectivity index (χ1v) is 8.02. The van der Waals surface area contributed by atoms with Crippen molar-refractivity contribution in [1.82, 2.24) is 5.32 Å². The van der Waals surface area contributed by atoms with Gasteiger partial charge in [0.2, 0.25) is 5.91 Å². The molecule has 104 valence electrons. The largest absolute Gasteiger partial charge is 0.352 e. The summed E-state index contributed by atoms with van der Waals surface area (Å²) in [5, 5.41) is 2.93. The van der Waals surface area contributed by atoms with Crippen LogP contribution in [0, 0.1) is 0 Å². The van der Waals surface area contributed by atoms with Gasteiger partial charge in [0.25, 0.3) is 0 Å². The van der Waals surface area contributed by atoms with Crippen LogP contribution >= 0.6 is 27.3 Å². The monoisotopic (exact) mass is 349 g/mol. The lowest BCUT2D eigenvalue weighted by Gasteiger charge is -2.11. The summed E-state index contributed by atoms with van der Waals surface area (Å²) >= 11 is 5.00. The van der Waals surface area contributed by atoms with Crippen molar-refractivity contribution in [2.24, 2.45) is 0 Å². The van der Waals surface area contributed by atoms with Gasteiger partial charge < -0.3 is 5.32 Å². The molecule has 0 radical (unpaired) electrons. The summed E-state index contributed by atoms with van der Waals surface area (Å²) in [6.45, 7) is 2.75. The van der Waals surface area contributed by atoms with E-state index >= 15 is 0 Å². The first kappa shape index (κ1) is 15.0. The lowest BCUT2D eigenvalue weighted by Crippen LogP contribution is -2.25. The van der Waals surface area contributed by atoms with Crippen molar-refractivity contribution in [2.45, 2.75) is 12.8 Å². The third-order valence-corrected chi connectivity index (χ3v) is 4.53. The van der Waals surface area contributed by atoms with E-state index in [-0.39, 0.29) is 5.91 Å². The molecule has 1 heterocycles. The van der Waals surface area contributed by atoms with E-state index in [1.165, 1.54) is 5.56 Å². The Morgan fingerprint density at radius 2 is 2.05 bits per heavy atom. The summed E-state index contributed by atoms with van der Waals surface area (Å²) in [6.07, 6.45) is 3.41. The smallest absolute Gasteiger partial charge is 0.244 e. The topological polar surface area (TPSA) is 29.1 Å². The van der Waals surface area contributed by atoms with Crippen LogP contribution in [0.5, 0.6) is 0 Å². The Labute approximate surface area is 131 Å². The lowest BCUT2D eigenvalue weighted by atomic mass is 10.0. The maximum Gasteiger partial charge on any atom is 0.244 e. The molecular weight excluding hydrogens is 334 g/mol. The van der Waals surface area contributed by atoms with Gasteiger partial charge in [-0.3, -0.25) is 4.79 Å². The molecule has 1 aromatic carbocycles. The molecule has 2 rings (SSSR count). The average molecular weight is 350 g/mol. The van der Waals surface area contributed by atoms with E-state index in [1.807, 2.05) is 36.4 Å². The van der Waals surface area contributed by atoms with Gasteiger partial charge in [-0.1, -0.05) is 37.3 Å². The van der Waals surface area contributed by atoms with Gasteiger partial charge in [0.15, 0.2) is 0 Å². The quantitative estimate of drug-likeness (QED) is 0.794. The maximum absolute atomic E-state index is 11.8. The van der Waals surface area contributed by atoms with Crippen LogP contribution in [-0.2, 0) is 4.79 Å². The van der Waals surface area contributed by atoms with Crippen LogP contribution in [0.3, 0.4) is 0 Å². The Balaban J connectivity index is 1.82. The minimum atomic E-state index is -0.0581. The average Bonchev–Trinajstić information content (AvgIpc) is 2.89. The predicted octanol–water partition coefficient (Wildman–Crippen LogP) is 4.44. The second-order valence-electron chi connectivity index (χ2n) is 4.53. The van der Waals surface area contributed by atoms with Crippen molar-refractivity contribution in [3.05, 3.63) is 62.8 Å². The van der Waals surface area contributed by atoms with Crippen LogP contribution in [0.15, 0.2) is 52.3 Å². The molecule has 2 nitrogen and oxygen atoms in total. The highest BCUT2D eigenvalue weighted by atomic mass is 79.9. The van der Waals surface area contributed by atoms with Crippen molar-refractivity contribution in [3.63, 3.8) is 0 Å². The first-order chi connectivity index (χ1) is 9.65. The Morgan fingerprint density at radius 1 is 1.30 bits per heavy atom. The van der Waals surface area contributed by atoms with Gasteiger partial charge in [0, 0.05) is 17.5 Å². The lowest BCUT2D eigenvalue weighted by molar-refractivity contribution is -0.116. The molecule has 0 bridgehead atoms. The van der Waals surface area contributed by atoms with Gasteiger partial charge in [-0.2, -0.15) is 0 Å². The third-order valence-electron chi connectivity index (χ3n) is 2.94. The molecule has 4 heteroatoms. The number of nitrogens with one attached hydrogen (secondary N) is 1. The van der Waals surface area contributed by atoms with Crippen molar-refractivity contribution in [3.8, 4) is 0 Å². The Hall–Kier alpha value is -1.39. The van der Waals surface area contributed by atoms with Crippen molar-refractivity contribution >= 4 is 39.2 Å². The molecule has 0 aliphatic rings. The van der Waals surface area contributed by atoms with Crippen molar-refractivity contribution in [1.29, 1.82) is 0 Å². The van der Waals surface area contributed by atoms with E-state index in [9.17, 15) is 4.79 Å². The van der Waals surface area contributed by atoms with Crippen molar-refractivity contribution in [2.75, 3.05) is 6.54 Å². The van der Waals surface area contributed by atoms with Crippen LogP contribution in [-0.4, -0.2) is 12.5 Å². The zero-order chi connectivity index (χ0) is 14.4. The Bertz CT molecular complexity index is 592. The number of thiophene rings is 1. The summed E-state index contributed by atoms with van der Waals surface area (Å²) in [7, 11) is 0. The number of amides is 1. The van der Waals surface area contributed by atoms with E-state index < -0.39 is 0 Å². The summed E-state index contributed by atoms with van der Waals surface area (Å²) in [4.78, 5) is 12.8. The number of hydrogen-bond acceptors (Lipinski definition) is 2. The fraction of sp³-hybridized carbons (Fsp3) is 0.188. The molecule has 0 saturated carbocycles. The number of halogens is 1. The molecule has 0 aliphatic carbocycles. The van der Waals surface area contributed by atoms with Gasteiger partial charge in [0.1, 0.15) is 0 Å². The third kappa shape index (κ3) is 4.62. The number of rotatable bonds is 5. The molecule has 20 heavy (non-hydrogen) atoms. The predicted molar refractivity (Wildman–Crippen MR) is 88.9 cm³/mol. The Morgan fingerprint density at radius 3 is 2.70 bits per heavy atom. The molecule has 0 saturated heterocycles. The molecule has 1 N–H and O–H groups in total. The fourth-order valence-corrected chi connectivity index (χ4v) is 3.11. The normalized spacial score (nSPS) is 12.5. The van der Waals surface area contributed by atoms with Crippen LogP contribution in [0.4, 0.5) is 0 Å². The van der Waals surface area contributed by atoms with Gasteiger partial charge in [-0.15, -0.1) is 11.3 Å². The highest BCUT2D eigenvalue weighted by molar-refractivity contribution is 9.11. The fourth-order valence-electron chi connectivity index (χ4n) is 1.79. The van der Waals surface area contributed by atoms with Crippen LogP contribution in [0.25, 0.3) is 6.08 Å². The van der Waals surface area contributed by atoms with Crippen LogP contribution < -0.4 is 5.32 Å². The van der Waals surface area contributed by atoms with Crippen LogP contribution in [0.1, 0.15) is 23.3 Å². The number of benzene rings is 1. The van der Waals surface area contributed by atoms with E-state index in [4.69, 9.17) is 0 Å². The first-order valence-electron chi connectivity index (χ1n) is 6.41. The van der Waals surface area contributed by atoms with Gasteiger partial charge in [-0.25, -0.2) is 0 Å². The van der Waals surface area contributed by atoms with Crippen molar-refractivity contribution < 1.29 is 4.79 Å². The zero-order valence-corrected chi connectivity index (χ0v) is 13.6. The molecular formula is C16H16BrNOS. The highest BCUT2D eigenvalue weighted by Gasteiger charge is 2.05. The second-order valence-corrected chi connectivity index (χ2v) is 7.03. The molecule has 1 atom stereocenters. The summed E-state index contributed by atoms with van der Waals surface area (Å²) in [5.74, 6) is 0.252. The zero-order valence-electron chi connectivity index (χ0n) is 11.2. The molecule has 1 amide bonds. The van der Waals surface area contributed by atoms with Gasteiger partial charge in [-0.05, 0) is 45.6 Å². The number of carbonyl (C=O) groups is 1. The summed E-state index contributed by atoms with van der Waals surface area (Å²) < 4.78 is 1.07. The number of carbonyl (C=O) groups excluding carboxylic acids is 1. The van der Waals surface area contributed by atoms with E-state index in [0.29, 0.717) is 12.5 Å². The minimum Gasteiger partial charge on any atom is -0.352 e. The molecule has 1 aromatic heterocycles. The number of hydrogen-bond donors (Lipinski definition) is 1. The standard InChI is InChI=1S/C16H16BrNOS/c1-12(13-5-3-2-4-6-13)11-18-16(19)10-8-14-7-9-15(17)20-14/h2-10,12H,11H2,1H3,(H,18,19). The highest BCUT2D eigenvalue weighted by Crippen LogP contribution is 2.22. The minimum absolute atomic E-state index is 0.0581. The molecule has 2 aromatic rings. The van der Waals surface area contributed by atoms with Gasteiger partial charge >= 0.3 is 0 Å². The van der Waals surface area contributed by atoms with E-state index in [0.717, 1.165) is 8.66 Å². The Kier molecular flexibility index (Phi) is 5.56. The maximum atomic E-state index is 11.8. The molecule has 0 aliphatic heterocycles. The summed E-state index contributed by atoms with van der Waals surface area (Å²) in [5.41, 5.74) is 1.24. The second kappa shape index (κ2) is 7.41. The van der Waals surface area contributed by atoms with Gasteiger partial charge in [0.05, 0.1) is 3.79 Å². The van der Waals surface area contributed by atoms with Crippen LogP contribution in [0.2, 0.25) is 0 Å². The summed E-state index contributed by atoms with van der Waals surface area (Å²) in [6, 6.07) is 14.1. The molecule has 0 fully saturated rings. The molecule has 0 spiro atoms.